The number of benzene rings is 1. The monoisotopic (exact) mass is 312 g/mol. The summed E-state index contributed by atoms with van der Waals surface area (Å²) in [5, 5.41) is 7.52. The van der Waals surface area contributed by atoms with Crippen molar-refractivity contribution in [1.29, 1.82) is 0 Å². The fourth-order valence-electron chi connectivity index (χ4n) is 1.72. The van der Waals surface area contributed by atoms with Gasteiger partial charge in [-0.05, 0) is 25.1 Å². The summed E-state index contributed by atoms with van der Waals surface area (Å²) in [5.74, 6) is -0.188. The van der Waals surface area contributed by atoms with Gasteiger partial charge in [0, 0.05) is 24.8 Å². The second-order valence-corrected chi connectivity index (χ2v) is 5.19. The molecule has 2 rings (SSSR count). The third kappa shape index (κ3) is 3.65. The average Bonchev–Trinajstić information content (AvgIpc) is 2.77. The van der Waals surface area contributed by atoms with Crippen LogP contribution in [0.25, 0.3) is 0 Å². The van der Waals surface area contributed by atoms with E-state index in [4.69, 9.17) is 28.9 Å². The Morgan fingerprint density at radius 3 is 2.60 bits per heavy atom. The second kappa shape index (κ2) is 6.15. The number of hydrogen-bond acceptors (Lipinski definition) is 3. The Hall–Kier alpha value is -1.72. The summed E-state index contributed by atoms with van der Waals surface area (Å²) in [6.45, 7) is 2.38. The maximum atomic E-state index is 11.9. The number of carbonyl (C=O) groups excluding carboxylic acids is 1. The predicted molar refractivity (Wildman–Crippen MR) is 81.1 cm³/mol. The number of nitrogens with one attached hydrogen (secondary N) is 1. The van der Waals surface area contributed by atoms with E-state index < -0.39 is 0 Å². The van der Waals surface area contributed by atoms with Crippen molar-refractivity contribution in [1.82, 2.24) is 9.78 Å². The minimum atomic E-state index is -0.188. The van der Waals surface area contributed by atoms with Crippen molar-refractivity contribution in [2.24, 2.45) is 0 Å². The Morgan fingerprint density at radius 2 is 2.05 bits per heavy atom. The van der Waals surface area contributed by atoms with Gasteiger partial charge >= 0.3 is 0 Å². The van der Waals surface area contributed by atoms with E-state index in [1.165, 1.54) is 0 Å². The number of anilines is 2. The van der Waals surface area contributed by atoms with E-state index in [0.29, 0.717) is 28.0 Å². The van der Waals surface area contributed by atoms with Crippen molar-refractivity contribution >= 4 is 40.5 Å². The number of aromatic nitrogens is 2. The molecule has 5 nitrogen and oxygen atoms in total. The smallest absolute Gasteiger partial charge is 0.226 e. The van der Waals surface area contributed by atoms with E-state index in [1.807, 2.05) is 19.2 Å². The third-order valence-corrected chi connectivity index (χ3v) is 3.27. The Kier molecular flexibility index (Phi) is 4.52. The van der Waals surface area contributed by atoms with Crippen LogP contribution in [0, 0.1) is 6.92 Å². The van der Waals surface area contributed by atoms with Crippen LogP contribution in [0.4, 0.5) is 11.4 Å². The quantitative estimate of drug-likeness (QED) is 0.852. The number of nitrogen functional groups attached to an aromatic ring is 1. The van der Waals surface area contributed by atoms with Gasteiger partial charge in [-0.1, -0.05) is 23.2 Å². The maximum Gasteiger partial charge on any atom is 0.226 e. The lowest BCUT2D eigenvalue weighted by Crippen LogP contribution is -2.15. The molecule has 0 aliphatic carbocycles. The molecule has 0 fully saturated rings. The number of nitrogens with zero attached hydrogens (tertiary/aromatic N) is 2. The highest BCUT2D eigenvalue weighted by atomic mass is 35.5. The van der Waals surface area contributed by atoms with Gasteiger partial charge < -0.3 is 11.1 Å². The molecule has 0 aliphatic rings. The zero-order chi connectivity index (χ0) is 14.7. The van der Waals surface area contributed by atoms with Gasteiger partial charge in [0.1, 0.15) is 0 Å². The molecule has 0 radical (unpaired) electrons. The van der Waals surface area contributed by atoms with Crippen LogP contribution in [0.3, 0.4) is 0 Å². The molecule has 1 heterocycles. The molecule has 1 amide bonds. The van der Waals surface area contributed by atoms with Crippen molar-refractivity contribution in [3.63, 3.8) is 0 Å². The van der Waals surface area contributed by atoms with Crippen LogP contribution in [0.5, 0.6) is 0 Å². The molecule has 1 aromatic carbocycles. The van der Waals surface area contributed by atoms with E-state index in [-0.39, 0.29) is 12.3 Å². The fourth-order valence-corrected chi connectivity index (χ4v) is 2.32. The minimum Gasteiger partial charge on any atom is -0.399 e. The molecule has 0 saturated heterocycles. The molecule has 20 heavy (non-hydrogen) atoms. The standard InChI is InChI=1S/C13H14Cl2N4O/c1-8-2-4-19(18-8)5-3-12(20)17-13-10(14)6-9(16)7-11(13)15/h2,4,6-7H,3,5,16H2,1H3,(H,17,20). The maximum absolute atomic E-state index is 11.9. The molecule has 0 saturated carbocycles. The molecular weight excluding hydrogens is 299 g/mol. The lowest BCUT2D eigenvalue weighted by molar-refractivity contribution is -0.116. The first-order valence-corrected chi connectivity index (χ1v) is 6.75. The van der Waals surface area contributed by atoms with Crippen LogP contribution in [-0.2, 0) is 11.3 Å². The summed E-state index contributed by atoms with van der Waals surface area (Å²) in [6, 6.07) is 4.96. The molecule has 0 atom stereocenters. The molecule has 3 N–H and O–H groups in total. The van der Waals surface area contributed by atoms with Gasteiger partial charge in [0.15, 0.2) is 0 Å². The molecule has 0 spiro atoms. The van der Waals surface area contributed by atoms with E-state index in [2.05, 4.69) is 10.4 Å². The van der Waals surface area contributed by atoms with Crippen LogP contribution in [0.15, 0.2) is 24.4 Å². The minimum absolute atomic E-state index is 0.188. The Labute approximate surface area is 126 Å². The molecule has 0 aliphatic heterocycles. The van der Waals surface area contributed by atoms with Gasteiger partial charge in [-0.15, -0.1) is 0 Å². The summed E-state index contributed by atoms with van der Waals surface area (Å²) in [4.78, 5) is 11.9. The number of amides is 1. The first-order chi connectivity index (χ1) is 9.45. The van der Waals surface area contributed by atoms with Crippen molar-refractivity contribution in [2.45, 2.75) is 19.9 Å². The van der Waals surface area contributed by atoms with Crippen molar-refractivity contribution < 1.29 is 4.79 Å². The molecule has 1 aromatic heterocycles. The largest absolute Gasteiger partial charge is 0.399 e. The zero-order valence-corrected chi connectivity index (χ0v) is 12.4. The topological polar surface area (TPSA) is 72.9 Å². The van der Waals surface area contributed by atoms with E-state index in [0.717, 1.165) is 5.69 Å². The van der Waals surface area contributed by atoms with Gasteiger partial charge in [0.05, 0.1) is 21.4 Å². The summed E-state index contributed by atoms with van der Waals surface area (Å²) in [5.41, 5.74) is 7.34. The van der Waals surface area contributed by atoms with Gasteiger partial charge in [0.2, 0.25) is 5.91 Å². The Morgan fingerprint density at radius 1 is 1.40 bits per heavy atom. The van der Waals surface area contributed by atoms with E-state index in [9.17, 15) is 4.79 Å². The zero-order valence-electron chi connectivity index (χ0n) is 10.9. The fraction of sp³-hybridized carbons (Fsp3) is 0.231. The highest BCUT2D eigenvalue weighted by molar-refractivity contribution is 6.40. The number of hydrogen-bond donors (Lipinski definition) is 2. The van der Waals surface area contributed by atoms with Gasteiger partial charge in [-0.2, -0.15) is 5.10 Å². The number of nitrogens with two attached hydrogens (primary N) is 1. The molecule has 7 heteroatoms. The Balaban J connectivity index is 1.98. The van der Waals surface area contributed by atoms with Crippen molar-refractivity contribution in [2.75, 3.05) is 11.1 Å². The van der Waals surface area contributed by atoms with Crippen LogP contribution in [0.2, 0.25) is 10.0 Å². The van der Waals surface area contributed by atoms with Crippen molar-refractivity contribution in [3.05, 3.63) is 40.1 Å². The summed E-state index contributed by atoms with van der Waals surface area (Å²) in [6.07, 6.45) is 2.10. The van der Waals surface area contributed by atoms with Gasteiger partial charge in [0.25, 0.3) is 0 Å². The molecule has 2 aromatic rings. The van der Waals surface area contributed by atoms with Crippen LogP contribution >= 0.6 is 23.2 Å². The van der Waals surface area contributed by atoms with Crippen molar-refractivity contribution in [3.8, 4) is 0 Å². The lowest BCUT2D eigenvalue weighted by Gasteiger charge is -2.10. The summed E-state index contributed by atoms with van der Waals surface area (Å²) in [7, 11) is 0. The van der Waals surface area contributed by atoms with E-state index in [1.54, 1.807) is 16.8 Å². The lowest BCUT2D eigenvalue weighted by atomic mass is 10.2. The molecule has 106 valence electrons. The van der Waals surface area contributed by atoms with Crippen LogP contribution in [0.1, 0.15) is 12.1 Å². The first kappa shape index (κ1) is 14.7. The second-order valence-electron chi connectivity index (χ2n) is 4.38. The normalized spacial score (nSPS) is 10.6. The van der Waals surface area contributed by atoms with Gasteiger partial charge in [-0.25, -0.2) is 0 Å². The first-order valence-electron chi connectivity index (χ1n) is 6.00. The summed E-state index contributed by atoms with van der Waals surface area (Å²) >= 11 is 12.0. The summed E-state index contributed by atoms with van der Waals surface area (Å²) < 4.78 is 1.71. The van der Waals surface area contributed by atoms with E-state index >= 15 is 0 Å². The van der Waals surface area contributed by atoms with Crippen LogP contribution < -0.4 is 11.1 Å². The molecule has 0 bridgehead atoms. The number of aryl methyl sites for hydroxylation is 2. The predicted octanol–water partition coefficient (Wildman–Crippen LogP) is 3.11. The SMILES string of the molecule is Cc1ccn(CCC(=O)Nc2c(Cl)cc(N)cc2Cl)n1. The Bertz CT molecular complexity index is 616. The highest BCUT2D eigenvalue weighted by Gasteiger charge is 2.11. The third-order valence-electron chi connectivity index (χ3n) is 2.67. The van der Waals surface area contributed by atoms with Gasteiger partial charge in [-0.3, -0.25) is 9.48 Å². The number of carbonyl (C=O) groups is 1. The molecular formula is C13H14Cl2N4O. The number of rotatable bonds is 4. The molecule has 0 unspecified atom stereocenters. The average molecular weight is 313 g/mol. The van der Waals surface area contributed by atoms with Crippen LogP contribution in [-0.4, -0.2) is 15.7 Å². The number of halogens is 2. The highest BCUT2D eigenvalue weighted by Crippen LogP contribution is 2.32.